The Morgan fingerprint density at radius 1 is 1.03 bits per heavy atom. The molecule has 3 aromatic rings. The molecule has 0 spiro atoms. The first-order chi connectivity index (χ1) is 15.4. The van der Waals surface area contributed by atoms with Gasteiger partial charge in [-0.15, -0.1) is 11.3 Å². The molecule has 0 aliphatic heterocycles. The van der Waals surface area contributed by atoms with Crippen LogP contribution in [0, 0.1) is 11.3 Å². The van der Waals surface area contributed by atoms with Crippen molar-refractivity contribution >= 4 is 49.6 Å². The van der Waals surface area contributed by atoms with E-state index in [0.717, 1.165) is 42.5 Å². The van der Waals surface area contributed by atoms with E-state index in [9.17, 15) is 18.5 Å². The minimum atomic E-state index is -3.92. The summed E-state index contributed by atoms with van der Waals surface area (Å²) in [5, 5.41) is 13.5. The van der Waals surface area contributed by atoms with Crippen molar-refractivity contribution in [3.8, 4) is 6.07 Å². The number of carbonyl (C=O) groups excluding carboxylic acids is 1. The molecule has 4 rings (SSSR count). The van der Waals surface area contributed by atoms with Gasteiger partial charge in [-0.25, -0.2) is 8.42 Å². The van der Waals surface area contributed by atoms with Crippen molar-refractivity contribution in [3.05, 3.63) is 75.1 Å². The predicted octanol–water partition coefficient (Wildman–Crippen LogP) is 5.60. The number of rotatable bonds is 5. The van der Waals surface area contributed by atoms with Crippen molar-refractivity contribution in [3.63, 3.8) is 0 Å². The topological polar surface area (TPSA) is 99.1 Å². The average Bonchev–Trinajstić information content (AvgIpc) is 2.92. The molecule has 0 saturated heterocycles. The first kappa shape index (κ1) is 22.3. The second-order valence-electron chi connectivity index (χ2n) is 7.44. The van der Waals surface area contributed by atoms with Gasteiger partial charge in [0.25, 0.3) is 15.9 Å². The fourth-order valence-corrected chi connectivity index (χ4v) is 6.15. The predicted molar refractivity (Wildman–Crippen MR) is 127 cm³/mol. The van der Waals surface area contributed by atoms with E-state index in [0.29, 0.717) is 15.6 Å². The summed E-state index contributed by atoms with van der Waals surface area (Å²) in [4.78, 5) is 14.3. The van der Waals surface area contributed by atoms with Gasteiger partial charge in [-0.2, -0.15) is 5.26 Å². The number of para-hydroxylation sites is 1. The molecule has 1 aliphatic carbocycles. The third kappa shape index (κ3) is 4.65. The number of hydrogen-bond donors (Lipinski definition) is 2. The van der Waals surface area contributed by atoms with Crippen LogP contribution in [0.3, 0.4) is 0 Å². The van der Waals surface area contributed by atoms with E-state index in [1.54, 1.807) is 18.2 Å². The zero-order valence-corrected chi connectivity index (χ0v) is 19.4. The Hall–Kier alpha value is -2.86. The SMILES string of the molecule is N#Cc1c(NC(=O)c2ccccc2NS(=O)(=O)c2ccc(Cl)cc2)sc2c1CCCCC2. The molecule has 6 nitrogen and oxygen atoms in total. The Labute approximate surface area is 195 Å². The molecular formula is C23H20ClN3O3S2. The van der Waals surface area contributed by atoms with Crippen LogP contribution in [0.25, 0.3) is 0 Å². The molecule has 1 amide bonds. The van der Waals surface area contributed by atoms with Gasteiger partial charge >= 0.3 is 0 Å². The van der Waals surface area contributed by atoms with Crippen LogP contribution in [0.5, 0.6) is 0 Å². The summed E-state index contributed by atoms with van der Waals surface area (Å²) in [5.74, 6) is -0.479. The summed E-state index contributed by atoms with van der Waals surface area (Å²) in [5.41, 5.74) is 1.86. The third-order valence-electron chi connectivity index (χ3n) is 5.30. The number of sulfonamides is 1. The van der Waals surface area contributed by atoms with Gasteiger partial charge in [-0.3, -0.25) is 9.52 Å². The highest BCUT2D eigenvalue weighted by atomic mass is 35.5. The lowest BCUT2D eigenvalue weighted by Gasteiger charge is -2.12. The molecule has 0 saturated carbocycles. The van der Waals surface area contributed by atoms with Crippen molar-refractivity contribution in [1.29, 1.82) is 5.26 Å². The number of amides is 1. The second kappa shape index (κ2) is 9.33. The molecule has 1 aromatic heterocycles. The quantitative estimate of drug-likeness (QED) is 0.460. The first-order valence-electron chi connectivity index (χ1n) is 10.1. The zero-order chi connectivity index (χ0) is 22.7. The lowest BCUT2D eigenvalue weighted by Crippen LogP contribution is -2.18. The van der Waals surface area contributed by atoms with Gasteiger partial charge in [0, 0.05) is 9.90 Å². The highest BCUT2D eigenvalue weighted by Crippen LogP contribution is 2.37. The van der Waals surface area contributed by atoms with Crippen LogP contribution < -0.4 is 10.0 Å². The molecule has 2 aromatic carbocycles. The average molecular weight is 486 g/mol. The van der Waals surface area contributed by atoms with Crippen molar-refractivity contribution in [2.45, 2.75) is 37.0 Å². The maximum atomic E-state index is 13.1. The fraction of sp³-hybridized carbons (Fsp3) is 0.217. The van der Waals surface area contributed by atoms with Crippen molar-refractivity contribution < 1.29 is 13.2 Å². The highest BCUT2D eigenvalue weighted by Gasteiger charge is 2.23. The van der Waals surface area contributed by atoms with Crippen LogP contribution in [0.4, 0.5) is 10.7 Å². The Morgan fingerprint density at radius 3 is 2.50 bits per heavy atom. The van der Waals surface area contributed by atoms with Crippen LogP contribution in [0.2, 0.25) is 5.02 Å². The van der Waals surface area contributed by atoms with Crippen LogP contribution in [-0.2, 0) is 22.9 Å². The number of aryl methyl sites for hydroxylation is 1. The Morgan fingerprint density at radius 2 is 1.75 bits per heavy atom. The normalized spacial score (nSPS) is 13.5. The smallest absolute Gasteiger partial charge is 0.261 e. The number of thiophene rings is 1. The lowest BCUT2D eigenvalue weighted by molar-refractivity contribution is 0.102. The molecule has 9 heteroatoms. The maximum absolute atomic E-state index is 13.1. The minimum Gasteiger partial charge on any atom is -0.312 e. The molecule has 0 radical (unpaired) electrons. The number of carbonyl (C=O) groups is 1. The minimum absolute atomic E-state index is 0.0332. The van der Waals surface area contributed by atoms with E-state index in [2.05, 4.69) is 16.1 Å². The molecule has 0 atom stereocenters. The third-order valence-corrected chi connectivity index (χ3v) is 8.14. The molecule has 1 aliphatic rings. The van der Waals surface area contributed by atoms with Crippen LogP contribution >= 0.6 is 22.9 Å². The van der Waals surface area contributed by atoms with E-state index in [4.69, 9.17) is 11.6 Å². The number of benzene rings is 2. The molecule has 0 unspecified atom stereocenters. The fourth-order valence-electron chi connectivity index (χ4n) is 3.71. The van der Waals surface area contributed by atoms with Crippen molar-refractivity contribution in [2.24, 2.45) is 0 Å². The molecule has 32 heavy (non-hydrogen) atoms. The van der Waals surface area contributed by atoms with Gasteiger partial charge in [0.1, 0.15) is 11.1 Å². The molecule has 164 valence electrons. The largest absolute Gasteiger partial charge is 0.312 e. The Bertz CT molecular complexity index is 1310. The molecule has 0 bridgehead atoms. The van der Waals surface area contributed by atoms with Crippen LogP contribution in [0.1, 0.15) is 45.6 Å². The van der Waals surface area contributed by atoms with Crippen molar-refractivity contribution in [1.82, 2.24) is 0 Å². The highest BCUT2D eigenvalue weighted by molar-refractivity contribution is 7.92. The molecule has 2 N–H and O–H groups in total. The van der Waals surface area contributed by atoms with Crippen LogP contribution in [0.15, 0.2) is 53.4 Å². The van der Waals surface area contributed by atoms with Gasteiger partial charge < -0.3 is 5.32 Å². The summed E-state index contributed by atoms with van der Waals surface area (Å²) < 4.78 is 28.1. The van der Waals surface area contributed by atoms with E-state index >= 15 is 0 Å². The standard InChI is InChI=1S/C23H20ClN3O3S2/c24-15-10-12-16(13-11-15)32(29,30)27-20-8-5-4-7-18(20)22(28)26-23-19(14-25)17-6-2-1-3-9-21(17)31-23/h4-5,7-8,10-13,27H,1-3,6,9H2,(H,26,28). The number of halogens is 1. The summed E-state index contributed by atoms with van der Waals surface area (Å²) >= 11 is 7.28. The van der Waals surface area contributed by atoms with Gasteiger partial charge in [0.2, 0.25) is 0 Å². The number of hydrogen-bond acceptors (Lipinski definition) is 5. The number of nitrogens with one attached hydrogen (secondary N) is 2. The lowest BCUT2D eigenvalue weighted by atomic mass is 10.1. The Kier molecular flexibility index (Phi) is 6.51. The number of nitrogens with zero attached hydrogens (tertiary/aromatic N) is 1. The number of anilines is 2. The van der Waals surface area contributed by atoms with Gasteiger partial charge in [-0.1, -0.05) is 30.2 Å². The maximum Gasteiger partial charge on any atom is 0.261 e. The summed E-state index contributed by atoms with van der Waals surface area (Å²) in [6, 6.07) is 14.4. The summed E-state index contributed by atoms with van der Waals surface area (Å²) in [7, 11) is -3.92. The zero-order valence-electron chi connectivity index (χ0n) is 17.0. The van der Waals surface area contributed by atoms with E-state index in [-0.39, 0.29) is 16.1 Å². The van der Waals surface area contributed by atoms with Gasteiger partial charge in [0.05, 0.1) is 21.7 Å². The monoisotopic (exact) mass is 485 g/mol. The van der Waals surface area contributed by atoms with Gasteiger partial charge in [0.15, 0.2) is 0 Å². The van der Waals surface area contributed by atoms with Crippen LogP contribution in [-0.4, -0.2) is 14.3 Å². The molecular weight excluding hydrogens is 466 g/mol. The number of fused-ring (bicyclic) bond motifs is 1. The Balaban J connectivity index is 1.61. The molecule has 1 heterocycles. The summed E-state index contributed by atoms with van der Waals surface area (Å²) in [6.45, 7) is 0. The molecule has 0 fully saturated rings. The summed E-state index contributed by atoms with van der Waals surface area (Å²) in [6.07, 6.45) is 4.97. The number of nitriles is 1. The van der Waals surface area contributed by atoms with E-state index in [1.807, 2.05) is 0 Å². The first-order valence-corrected chi connectivity index (χ1v) is 12.8. The van der Waals surface area contributed by atoms with E-state index in [1.165, 1.54) is 41.7 Å². The van der Waals surface area contributed by atoms with E-state index < -0.39 is 15.9 Å². The second-order valence-corrected chi connectivity index (χ2v) is 10.7. The van der Waals surface area contributed by atoms with Crippen molar-refractivity contribution in [2.75, 3.05) is 10.0 Å². The van der Waals surface area contributed by atoms with Gasteiger partial charge in [-0.05, 0) is 67.6 Å².